The van der Waals surface area contributed by atoms with E-state index in [0.717, 1.165) is 0 Å². The average molecular weight is 442 g/mol. The standard InChI is InChI=1S/C20H35N5O6/c1-7-31-16(27)12-23(14(4)5)11-15(26)24(8-9-30-6)17-18(21)25(10-13(2)3)20(29)22-19(17)28/h13-14H,7-12,21H2,1-6H3,(H,22,28,29). The molecule has 1 aromatic rings. The van der Waals surface area contributed by atoms with Gasteiger partial charge in [-0.3, -0.25) is 28.8 Å². The zero-order valence-electron chi connectivity index (χ0n) is 19.3. The van der Waals surface area contributed by atoms with Crippen LogP contribution in [-0.2, 0) is 25.6 Å². The molecule has 0 saturated heterocycles. The van der Waals surface area contributed by atoms with E-state index in [0.29, 0.717) is 0 Å². The fourth-order valence-corrected chi connectivity index (χ4v) is 2.98. The van der Waals surface area contributed by atoms with Gasteiger partial charge in [0.05, 0.1) is 26.3 Å². The van der Waals surface area contributed by atoms with Crippen molar-refractivity contribution in [1.82, 2.24) is 14.5 Å². The van der Waals surface area contributed by atoms with Crippen molar-refractivity contribution < 1.29 is 19.1 Å². The minimum absolute atomic E-state index is 0.0494. The third-order valence-electron chi connectivity index (χ3n) is 4.56. The summed E-state index contributed by atoms with van der Waals surface area (Å²) in [5.41, 5.74) is 4.68. The van der Waals surface area contributed by atoms with Crippen LogP contribution in [0.4, 0.5) is 11.5 Å². The zero-order valence-corrected chi connectivity index (χ0v) is 19.3. The predicted octanol–water partition coefficient (Wildman–Crippen LogP) is 0.0277. The number of aromatic nitrogens is 2. The van der Waals surface area contributed by atoms with E-state index in [1.807, 2.05) is 27.7 Å². The summed E-state index contributed by atoms with van der Waals surface area (Å²) in [7, 11) is 1.47. The average Bonchev–Trinajstić information content (AvgIpc) is 2.66. The van der Waals surface area contributed by atoms with Crippen molar-refractivity contribution in [2.75, 3.05) is 50.6 Å². The van der Waals surface area contributed by atoms with Gasteiger partial charge >= 0.3 is 11.7 Å². The van der Waals surface area contributed by atoms with Crippen LogP contribution in [0.5, 0.6) is 0 Å². The quantitative estimate of drug-likeness (QED) is 0.433. The van der Waals surface area contributed by atoms with Crippen LogP contribution in [-0.4, -0.2) is 72.3 Å². The molecule has 31 heavy (non-hydrogen) atoms. The monoisotopic (exact) mass is 441 g/mol. The Hall–Kier alpha value is -2.66. The second kappa shape index (κ2) is 12.3. The lowest BCUT2D eigenvalue weighted by Crippen LogP contribution is -2.48. The summed E-state index contributed by atoms with van der Waals surface area (Å²) >= 11 is 0. The van der Waals surface area contributed by atoms with Gasteiger partial charge in [0.1, 0.15) is 5.82 Å². The number of ether oxygens (including phenoxy) is 2. The van der Waals surface area contributed by atoms with E-state index in [1.165, 1.54) is 16.6 Å². The maximum absolute atomic E-state index is 13.2. The van der Waals surface area contributed by atoms with Crippen molar-refractivity contribution in [2.45, 2.75) is 47.2 Å². The Bertz CT molecular complexity index is 861. The smallest absolute Gasteiger partial charge is 0.330 e. The third kappa shape index (κ3) is 7.51. The Balaban J connectivity index is 3.34. The van der Waals surface area contributed by atoms with Gasteiger partial charge in [-0.2, -0.15) is 0 Å². The first-order valence-electron chi connectivity index (χ1n) is 10.3. The molecule has 1 aromatic heterocycles. The van der Waals surface area contributed by atoms with Crippen molar-refractivity contribution in [2.24, 2.45) is 5.92 Å². The molecule has 0 fully saturated rings. The molecule has 0 radical (unpaired) electrons. The lowest BCUT2D eigenvalue weighted by atomic mass is 10.2. The van der Waals surface area contributed by atoms with Crippen molar-refractivity contribution in [1.29, 1.82) is 0 Å². The summed E-state index contributed by atoms with van der Waals surface area (Å²) in [6, 6.07) is -0.136. The summed E-state index contributed by atoms with van der Waals surface area (Å²) in [6.45, 7) is 9.69. The number of methoxy groups -OCH3 is 1. The van der Waals surface area contributed by atoms with Gasteiger partial charge in [0.25, 0.3) is 5.56 Å². The summed E-state index contributed by atoms with van der Waals surface area (Å²) in [5.74, 6) is -0.909. The van der Waals surface area contributed by atoms with Gasteiger partial charge in [0.2, 0.25) is 5.91 Å². The van der Waals surface area contributed by atoms with E-state index < -0.39 is 23.1 Å². The number of rotatable bonds is 12. The number of aromatic amines is 1. The third-order valence-corrected chi connectivity index (χ3v) is 4.56. The lowest BCUT2D eigenvalue weighted by Gasteiger charge is -2.29. The highest BCUT2D eigenvalue weighted by molar-refractivity contribution is 5.97. The van der Waals surface area contributed by atoms with Gasteiger partial charge in [-0.05, 0) is 26.7 Å². The van der Waals surface area contributed by atoms with Crippen LogP contribution in [0.1, 0.15) is 34.6 Å². The van der Waals surface area contributed by atoms with Gasteiger partial charge in [0, 0.05) is 26.2 Å². The van der Waals surface area contributed by atoms with Gasteiger partial charge < -0.3 is 20.1 Å². The maximum atomic E-state index is 13.2. The molecule has 0 atom stereocenters. The first-order valence-corrected chi connectivity index (χ1v) is 10.3. The Kier molecular flexibility index (Phi) is 10.4. The minimum Gasteiger partial charge on any atom is -0.465 e. The van der Waals surface area contributed by atoms with E-state index in [1.54, 1.807) is 11.8 Å². The van der Waals surface area contributed by atoms with Gasteiger partial charge in [0.15, 0.2) is 5.69 Å². The number of nitrogens with two attached hydrogens (primary N) is 1. The molecule has 1 amide bonds. The first-order chi connectivity index (χ1) is 14.5. The molecule has 0 aliphatic rings. The number of hydrogen-bond donors (Lipinski definition) is 2. The fraction of sp³-hybridized carbons (Fsp3) is 0.700. The Morgan fingerprint density at radius 2 is 1.81 bits per heavy atom. The van der Waals surface area contributed by atoms with E-state index >= 15 is 0 Å². The highest BCUT2D eigenvalue weighted by Crippen LogP contribution is 2.18. The SMILES string of the molecule is CCOC(=O)CN(CC(=O)N(CCOC)c1c(N)n(CC(C)C)c(=O)[nH]c1=O)C(C)C. The summed E-state index contributed by atoms with van der Waals surface area (Å²) < 4.78 is 11.3. The number of nitrogens with zero attached hydrogens (tertiary/aromatic N) is 3. The second-order valence-electron chi connectivity index (χ2n) is 7.84. The predicted molar refractivity (Wildman–Crippen MR) is 118 cm³/mol. The number of esters is 1. The molecule has 3 N–H and O–H groups in total. The minimum atomic E-state index is -0.756. The van der Waals surface area contributed by atoms with Crippen LogP contribution in [0.2, 0.25) is 0 Å². The number of nitrogens with one attached hydrogen (secondary N) is 1. The number of anilines is 2. The molecule has 0 spiro atoms. The maximum Gasteiger partial charge on any atom is 0.330 e. The first kappa shape index (κ1) is 26.4. The van der Waals surface area contributed by atoms with Crippen LogP contribution < -0.4 is 21.9 Å². The van der Waals surface area contributed by atoms with Crippen molar-refractivity contribution in [3.8, 4) is 0 Å². The van der Waals surface area contributed by atoms with Gasteiger partial charge in [-0.1, -0.05) is 13.8 Å². The van der Waals surface area contributed by atoms with Crippen molar-refractivity contribution in [3.63, 3.8) is 0 Å². The molecule has 11 heteroatoms. The van der Waals surface area contributed by atoms with E-state index in [-0.39, 0.29) is 62.9 Å². The largest absolute Gasteiger partial charge is 0.465 e. The molecule has 1 heterocycles. The lowest BCUT2D eigenvalue weighted by molar-refractivity contribution is -0.145. The molecule has 0 bridgehead atoms. The van der Waals surface area contributed by atoms with E-state index in [2.05, 4.69) is 4.98 Å². The summed E-state index contributed by atoms with van der Waals surface area (Å²) in [4.78, 5) is 55.1. The summed E-state index contributed by atoms with van der Waals surface area (Å²) in [5, 5.41) is 0. The van der Waals surface area contributed by atoms with E-state index in [9.17, 15) is 19.2 Å². The van der Waals surface area contributed by atoms with Gasteiger partial charge in [-0.15, -0.1) is 0 Å². The van der Waals surface area contributed by atoms with Crippen LogP contribution >= 0.6 is 0 Å². The van der Waals surface area contributed by atoms with Crippen molar-refractivity contribution in [3.05, 3.63) is 20.8 Å². The molecule has 0 unspecified atom stereocenters. The molecule has 11 nitrogen and oxygen atoms in total. The molecule has 0 aliphatic heterocycles. The Morgan fingerprint density at radius 1 is 1.16 bits per heavy atom. The molecule has 176 valence electrons. The fourth-order valence-electron chi connectivity index (χ4n) is 2.98. The molecule has 0 aliphatic carbocycles. The van der Waals surface area contributed by atoms with Gasteiger partial charge in [-0.25, -0.2) is 4.79 Å². The number of carbonyl (C=O) groups excluding carboxylic acids is 2. The van der Waals surface area contributed by atoms with Crippen LogP contribution in [0.3, 0.4) is 0 Å². The van der Waals surface area contributed by atoms with Crippen LogP contribution in [0, 0.1) is 5.92 Å². The van der Waals surface area contributed by atoms with Crippen LogP contribution in [0.25, 0.3) is 0 Å². The highest BCUT2D eigenvalue weighted by Gasteiger charge is 2.27. The number of nitrogen functional groups attached to an aromatic ring is 1. The van der Waals surface area contributed by atoms with Crippen LogP contribution in [0.15, 0.2) is 9.59 Å². The molecular weight excluding hydrogens is 406 g/mol. The van der Waals surface area contributed by atoms with Crippen molar-refractivity contribution >= 4 is 23.4 Å². The molecule has 0 saturated carbocycles. The summed E-state index contributed by atoms with van der Waals surface area (Å²) in [6.07, 6.45) is 0. The molecule has 0 aromatic carbocycles. The highest BCUT2D eigenvalue weighted by atomic mass is 16.5. The molecular formula is C20H35N5O6. The topological polar surface area (TPSA) is 140 Å². The van der Waals surface area contributed by atoms with E-state index in [4.69, 9.17) is 15.2 Å². The Labute approximate surface area is 182 Å². The number of hydrogen-bond acceptors (Lipinski definition) is 8. The number of amides is 1. The molecule has 1 rings (SSSR count). The number of H-pyrrole nitrogens is 1. The second-order valence-corrected chi connectivity index (χ2v) is 7.84. The zero-order chi connectivity index (χ0) is 23.7. The number of carbonyl (C=O) groups is 2. The normalized spacial score (nSPS) is 11.4. The Morgan fingerprint density at radius 3 is 2.32 bits per heavy atom.